The number of hydrogen-bond acceptors (Lipinski definition) is 3. The fraction of sp³-hybridized carbons (Fsp3) is 0.250. The van der Waals surface area contributed by atoms with Crippen LogP contribution in [0, 0.1) is 6.92 Å². The molecule has 0 N–H and O–H groups in total. The molecule has 3 nitrogen and oxygen atoms in total. The Hall–Kier alpha value is -0.770. The van der Waals surface area contributed by atoms with Crippen molar-refractivity contribution in [3.63, 3.8) is 0 Å². The van der Waals surface area contributed by atoms with E-state index >= 15 is 0 Å². The molecule has 0 aliphatic heterocycles. The van der Waals surface area contributed by atoms with E-state index in [1.807, 2.05) is 25.1 Å². The summed E-state index contributed by atoms with van der Waals surface area (Å²) in [4.78, 5) is 11.4. The molecule has 0 radical (unpaired) electrons. The zero-order chi connectivity index (χ0) is 10.8. The van der Waals surface area contributed by atoms with Crippen molar-refractivity contribution in [3.05, 3.63) is 35.6 Å². The van der Waals surface area contributed by atoms with Crippen molar-refractivity contribution >= 4 is 46.5 Å². The molecule has 2 aromatic rings. The maximum atomic E-state index is 11.4. The summed E-state index contributed by atoms with van der Waals surface area (Å²) in [5, 5.41) is 0.929. The monoisotopic (exact) mass is 228 g/mol. The molecular formula is C12H13NaO3. The van der Waals surface area contributed by atoms with Crippen LogP contribution in [0.25, 0.3) is 11.0 Å². The van der Waals surface area contributed by atoms with E-state index < -0.39 is 5.97 Å². The average Bonchev–Trinajstić information content (AvgIpc) is 2.63. The molecule has 0 saturated heterocycles. The fourth-order valence-electron chi connectivity index (χ4n) is 1.51. The zero-order valence-electron chi connectivity index (χ0n) is 8.74. The van der Waals surface area contributed by atoms with Crippen molar-refractivity contribution in [2.75, 3.05) is 6.61 Å². The van der Waals surface area contributed by atoms with Crippen LogP contribution in [0.1, 0.15) is 23.0 Å². The van der Waals surface area contributed by atoms with Gasteiger partial charge in [0.2, 0.25) is 5.76 Å². The van der Waals surface area contributed by atoms with Gasteiger partial charge >= 0.3 is 35.5 Å². The molecule has 0 atom stereocenters. The van der Waals surface area contributed by atoms with Gasteiger partial charge in [-0.2, -0.15) is 0 Å². The SMILES string of the molecule is CCOC(=O)c1cc2cccc(C)c2o1.[NaH]. The molecule has 1 aromatic carbocycles. The fourth-order valence-corrected chi connectivity index (χ4v) is 1.51. The van der Waals surface area contributed by atoms with E-state index in [4.69, 9.17) is 9.15 Å². The van der Waals surface area contributed by atoms with Crippen molar-refractivity contribution in [2.24, 2.45) is 0 Å². The summed E-state index contributed by atoms with van der Waals surface area (Å²) >= 11 is 0. The number of furan rings is 1. The van der Waals surface area contributed by atoms with E-state index in [1.165, 1.54) is 0 Å². The van der Waals surface area contributed by atoms with Gasteiger partial charge in [-0.15, -0.1) is 0 Å². The molecule has 0 aliphatic carbocycles. The Morgan fingerprint density at radius 3 is 2.81 bits per heavy atom. The number of hydrogen-bond donors (Lipinski definition) is 0. The van der Waals surface area contributed by atoms with E-state index in [0.29, 0.717) is 6.61 Å². The van der Waals surface area contributed by atoms with Gasteiger partial charge in [0.25, 0.3) is 0 Å². The third-order valence-corrected chi connectivity index (χ3v) is 2.22. The van der Waals surface area contributed by atoms with Crippen LogP contribution in [-0.4, -0.2) is 42.1 Å². The van der Waals surface area contributed by atoms with Gasteiger partial charge in [0.05, 0.1) is 6.61 Å². The van der Waals surface area contributed by atoms with Crippen LogP contribution in [0.3, 0.4) is 0 Å². The number of esters is 1. The number of aryl methyl sites for hydroxylation is 1. The second kappa shape index (κ2) is 5.53. The van der Waals surface area contributed by atoms with Gasteiger partial charge in [0.15, 0.2) is 0 Å². The molecular weight excluding hydrogens is 215 g/mol. The van der Waals surface area contributed by atoms with Crippen LogP contribution < -0.4 is 0 Å². The maximum absolute atomic E-state index is 11.4. The Balaban J connectivity index is 0.00000128. The van der Waals surface area contributed by atoms with Crippen molar-refractivity contribution in [2.45, 2.75) is 13.8 Å². The van der Waals surface area contributed by atoms with Crippen molar-refractivity contribution in [1.82, 2.24) is 0 Å². The quantitative estimate of drug-likeness (QED) is 0.584. The molecule has 0 spiro atoms. The van der Waals surface area contributed by atoms with E-state index in [-0.39, 0.29) is 35.3 Å². The molecule has 1 heterocycles. The van der Waals surface area contributed by atoms with Crippen molar-refractivity contribution in [3.8, 4) is 0 Å². The summed E-state index contributed by atoms with van der Waals surface area (Å²) in [6.07, 6.45) is 0. The van der Waals surface area contributed by atoms with E-state index in [2.05, 4.69) is 0 Å². The van der Waals surface area contributed by atoms with Gasteiger partial charge in [-0.25, -0.2) is 4.79 Å². The second-order valence-electron chi connectivity index (χ2n) is 3.32. The van der Waals surface area contributed by atoms with Gasteiger partial charge in [-0.05, 0) is 25.5 Å². The first-order chi connectivity index (χ1) is 7.22. The Labute approximate surface area is 116 Å². The van der Waals surface area contributed by atoms with Crippen LogP contribution in [0.4, 0.5) is 0 Å². The van der Waals surface area contributed by atoms with Crippen LogP contribution in [0.15, 0.2) is 28.7 Å². The molecule has 0 aliphatic rings. The number of para-hydroxylation sites is 1. The number of benzene rings is 1. The van der Waals surface area contributed by atoms with Gasteiger partial charge < -0.3 is 9.15 Å². The summed E-state index contributed by atoms with van der Waals surface area (Å²) in [7, 11) is 0. The number of rotatable bonds is 2. The predicted molar refractivity (Wildman–Crippen MR) is 64.1 cm³/mol. The van der Waals surface area contributed by atoms with Crippen molar-refractivity contribution < 1.29 is 13.9 Å². The molecule has 4 heteroatoms. The summed E-state index contributed by atoms with van der Waals surface area (Å²) < 4.78 is 10.3. The molecule has 0 amide bonds. The summed E-state index contributed by atoms with van der Waals surface area (Å²) in [5.74, 6) is -0.144. The third kappa shape index (κ3) is 2.48. The molecule has 16 heavy (non-hydrogen) atoms. The molecule has 2 rings (SSSR count). The Morgan fingerprint density at radius 2 is 2.19 bits per heavy atom. The van der Waals surface area contributed by atoms with Crippen LogP contribution in [0.2, 0.25) is 0 Å². The van der Waals surface area contributed by atoms with Gasteiger partial charge in [0.1, 0.15) is 5.58 Å². The van der Waals surface area contributed by atoms with E-state index in [1.54, 1.807) is 13.0 Å². The first kappa shape index (κ1) is 13.3. The predicted octanol–water partition coefficient (Wildman–Crippen LogP) is 2.27. The molecule has 0 unspecified atom stereocenters. The number of carbonyl (C=O) groups is 1. The molecule has 0 saturated carbocycles. The van der Waals surface area contributed by atoms with E-state index in [0.717, 1.165) is 16.5 Å². The second-order valence-corrected chi connectivity index (χ2v) is 3.32. The Kier molecular flexibility index (Phi) is 4.59. The summed E-state index contributed by atoms with van der Waals surface area (Å²) in [6.45, 7) is 4.07. The third-order valence-electron chi connectivity index (χ3n) is 2.22. The van der Waals surface area contributed by atoms with E-state index in [9.17, 15) is 4.79 Å². The van der Waals surface area contributed by atoms with Gasteiger partial charge in [0, 0.05) is 5.39 Å². The first-order valence-electron chi connectivity index (χ1n) is 4.88. The Bertz CT molecular complexity index is 502. The topological polar surface area (TPSA) is 39.4 Å². The van der Waals surface area contributed by atoms with Gasteiger partial charge in [-0.1, -0.05) is 18.2 Å². The summed E-state index contributed by atoms with van der Waals surface area (Å²) in [6, 6.07) is 7.50. The number of ether oxygens (including phenoxy) is 1. The minimum absolute atomic E-state index is 0. The number of fused-ring (bicyclic) bond motifs is 1. The first-order valence-corrected chi connectivity index (χ1v) is 4.88. The van der Waals surface area contributed by atoms with Crippen LogP contribution in [-0.2, 0) is 4.74 Å². The minimum atomic E-state index is -0.409. The van der Waals surface area contributed by atoms with Crippen LogP contribution >= 0.6 is 0 Å². The van der Waals surface area contributed by atoms with Crippen molar-refractivity contribution in [1.29, 1.82) is 0 Å². The van der Waals surface area contributed by atoms with Gasteiger partial charge in [-0.3, -0.25) is 0 Å². The molecule has 0 bridgehead atoms. The normalized spacial score (nSPS) is 9.88. The molecule has 0 fully saturated rings. The number of carbonyl (C=O) groups excluding carboxylic acids is 1. The Morgan fingerprint density at radius 1 is 1.44 bits per heavy atom. The molecule has 1 aromatic heterocycles. The standard InChI is InChI=1S/C12H12O3.Na.H/c1-3-14-12(13)10-7-9-6-4-5-8(2)11(9)15-10;;/h4-7H,3H2,1-2H3;;. The zero-order valence-corrected chi connectivity index (χ0v) is 8.74. The average molecular weight is 228 g/mol. The van der Waals surface area contributed by atoms with Crippen LogP contribution in [0.5, 0.6) is 0 Å². The molecule has 80 valence electrons. The summed E-state index contributed by atoms with van der Waals surface area (Å²) in [5.41, 5.74) is 1.77.